The summed E-state index contributed by atoms with van der Waals surface area (Å²) >= 11 is 3.41. The number of nitrogens with two attached hydrogens (primary N) is 1. The second-order valence-corrected chi connectivity index (χ2v) is 5.15. The summed E-state index contributed by atoms with van der Waals surface area (Å²) in [7, 11) is 0. The molecule has 2 aromatic rings. The van der Waals surface area contributed by atoms with Gasteiger partial charge < -0.3 is 5.73 Å². The van der Waals surface area contributed by atoms with E-state index in [2.05, 4.69) is 26.0 Å². The van der Waals surface area contributed by atoms with Crippen molar-refractivity contribution in [3.05, 3.63) is 46.2 Å². The number of hydrogen-bond donors (Lipinski definition) is 1. The lowest BCUT2D eigenvalue weighted by Gasteiger charge is -2.18. The summed E-state index contributed by atoms with van der Waals surface area (Å²) in [5, 5.41) is 4.24. The van der Waals surface area contributed by atoms with E-state index in [1.54, 1.807) is 16.9 Å². The molecule has 0 saturated carbocycles. The van der Waals surface area contributed by atoms with E-state index in [4.69, 9.17) is 5.73 Å². The maximum atomic E-state index is 13.7. The molecule has 6 heteroatoms. The van der Waals surface area contributed by atoms with Crippen LogP contribution in [0.25, 0.3) is 0 Å². The molecule has 1 atom stereocenters. The fourth-order valence-corrected chi connectivity index (χ4v) is 2.36. The highest BCUT2D eigenvalue weighted by molar-refractivity contribution is 9.10. The van der Waals surface area contributed by atoms with Gasteiger partial charge in [-0.15, -0.1) is 0 Å². The van der Waals surface area contributed by atoms with Crippen molar-refractivity contribution in [1.82, 2.24) is 14.8 Å². The monoisotopic (exact) mass is 312 g/mol. The van der Waals surface area contributed by atoms with Crippen molar-refractivity contribution in [1.29, 1.82) is 0 Å². The minimum Gasteiger partial charge on any atom is -0.319 e. The first kappa shape index (κ1) is 13.2. The maximum absolute atomic E-state index is 13.7. The molecule has 0 saturated heterocycles. The quantitative estimate of drug-likeness (QED) is 0.948. The molecule has 18 heavy (non-hydrogen) atoms. The molecule has 0 bridgehead atoms. The van der Waals surface area contributed by atoms with Crippen molar-refractivity contribution in [2.24, 2.45) is 5.73 Å². The first-order chi connectivity index (χ1) is 8.52. The predicted molar refractivity (Wildman–Crippen MR) is 70.5 cm³/mol. The molecule has 0 aliphatic rings. The second kappa shape index (κ2) is 5.16. The van der Waals surface area contributed by atoms with E-state index < -0.39 is 11.9 Å². The van der Waals surface area contributed by atoms with Gasteiger partial charge in [0, 0.05) is 17.8 Å². The van der Waals surface area contributed by atoms with Crippen LogP contribution in [0.5, 0.6) is 0 Å². The Morgan fingerprint density at radius 3 is 2.72 bits per heavy atom. The zero-order valence-electron chi connectivity index (χ0n) is 10.1. The van der Waals surface area contributed by atoms with Gasteiger partial charge in [0.25, 0.3) is 0 Å². The van der Waals surface area contributed by atoms with Gasteiger partial charge in [-0.3, -0.25) is 9.67 Å². The van der Waals surface area contributed by atoms with Crippen LogP contribution in [0.2, 0.25) is 0 Å². The van der Waals surface area contributed by atoms with Crippen LogP contribution < -0.4 is 5.73 Å². The molecule has 4 nitrogen and oxygen atoms in total. The molecular formula is C12H14BrFN4. The van der Waals surface area contributed by atoms with Gasteiger partial charge in [0.2, 0.25) is 0 Å². The van der Waals surface area contributed by atoms with Crippen LogP contribution in [0.15, 0.2) is 29.1 Å². The van der Waals surface area contributed by atoms with Crippen LogP contribution in [0.3, 0.4) is 0 Å². The van der Waals surface area contributed by atoms with E-state index in [0.29, 0.717) is 5.56 Å². The van der Waals surface area contributed by atoms with Crippen molar-refractivity contribution in [2.45, 2.75) is 25.9 Å². The lowest BCUT2D eigenvalue weighted by atomic mass is 10.1. The molecule has 2 rings (SSSR count). The molecule has 0 fully saturated rings. The minimum absolute atomic E-state index is 0.155. The highest BCUT2D eigenvalue weighted by Crippen LogP contribution is 2.29. The molecule has 0 spiro atoms. The number of rotatable bonds is 3. The molecule has 2 aromatic heterocycles. The topological polar surface area (TPSA) is 56.7 Å². The normalized spacial score (nSPS) is 13.0. The van der Waals surface area contributed by atoms with Crippen molar-refractivity contribution >= 4 is 15.9 Å². The third kappa shape index (κ3) is 2.30. The average Bonchev–Trinajstić information content (AvgIpc) is 2.71. The molecule has 0 aromatic carbocycles. The van der Waals surface area contributed by atoms with Gasteiger partial charge in [-0.05, 0) is 35.8 Å². The first-order valence-corrected chi connectivity index (χ1v) is 6.39. The molecule has 2 N–H and O–H groups in total. The molecule has 1 unspecified atom stereocenters. The number of pyridine rings is 1. The van der Waals surface area contributed by atoms with E-state index in [9.17, 15) is 4.39 Å². The lowest BCUT2D eigenvalue weighted by molar-refractivity contribution is 0.492. The molecule has 0 radical (unpaired) electrons. The molecular weight excluding hydrogens is 299 g/mol. The highest BCUT2D eigenvalue weighted by Gasteiger charge is 2.22. The highest BCUT2D eigenvalue weighted by atomic mass is 79.9. The Bertz CT molecular complexity index is 553. The van der Waals surface area contributed by atoms with E-state index in [1.165, 1.54) is 12.4 Å². The Morgan fingerprint density at radius 1 is 1.39 bits per heavy atom. The molecule has 0 aliphatic carbocycles. The number of halogens is 2. The maximum Gasteiger partial charge on any atom is 0.146 e. The molecule has 2 heterocycles. The third-order valence-electron chi connectivity index (χ3n) is 2.71. The molecule has 0 amide bonds. The molecule has 96 valence electrons. The number of hydrogen-bond acceptors (Lipinski definition) is 3. The largest absolute Gasteiger partial charge is 0.319 e. The Kier molecular flexibility index (Phi) is 3.77. The summed E-state index contributed by atoms with van der Waals surface area (Å²) in [5.41, 5.74) is 7.31. The Labute approximate surface area is 113 Å². The van der Waals surface area contributed by atoms with Gasteiger partial charge in [-0.25, -0.2) is 4.39 Å². The SMILES string of the molecule is CC(C)n1ncc(Br)c1C(N)c1ccncc1F. The van der Waals surface area contributed by atoms with Gasteiger partial charge in [0.15, 0.2) is 0 Å². The van der Waals surface area contributed by atoms with Gasteiger partial charge in [-0.1, -0.05) is 0 Å². The fraction of sp³-hybridized carbons (Fsp3) is 0.333. The average molecular weight is 313 g/mol. The van der Waals surface area contributed by atoms with Crippen LogP contribution >= 0.6 is 15.9 Å². The summed E-state index contributed by atoms with van der Waals surface area (Å²) in [6.45, 7) is 4.00. The standard InChI is InChI=1S/C12H14BrFN4/c1-7(2)18-12(9(13)5-17-18)11(15)8-3-4-16-6-10(8)14/h3-7,11H,15H2,1-2H3. The summed E-state index contributed by atoms with van der Waals surface area (Å²) < 4.78 is 16.3. The Balaban J connectivity index is 2.49. The smallest absolute Gasteiger partial charge is 0.146 e. The van der Waals surface area contributed by atoms with Crippen molar-refractivity contribution in [2.75, 3.05) is 0 Å². The van der Waals surface area contributed by atoms with Gasteiger partial charge >= 0.3 is 0 Å². The van der Waals surface area contributed by atoms with Crippen LogP contribution in [0, 0.1) is 5.82 Å². The Hall–Kier alpha value is -1.27. The van der Waals surface area contributed by atoms with Crippen LogP contribution in [-0.2, 0) is 0 Å². The van der Waals surface area contributed by atoms with E-state index >= 15 is 0 Å². The minimum atomic E-state index is -0.577. The van der Waals surface area contributed by atoms with Crippen LogP contribution in [0.1, 0.15) is 37.2 Å². The first-order valence-electron chi connectivity index (χ1n) is 5.60. The third-order valence-corrected chi connectivity index (χ3v) is 3.32. The summed E-state index contributed by atoms with van der Waals surface area (Å²) in [6.07, 6.45) is 4.37. The second-order valence-electron chi connectivity index (χ2n) is 4.29. The fourth-order valence-electron chi connectivity index (χ4n) is 1.84. The van der Waals surface area contributed by atoms with E-state index in [1.807, 2.05) is 13.8 Å². The van der Waals surface area contributed by atoms with E-state index in [-0.39, 0.29) is 6.04 Å². The van der Waals surface area contributed by atoms with Gasteiger partial charge in [0.1, 0.15) is 5.82 Å². The summed E-state index contributed by atoms with van der Waals surface area (Å²) in [4.78, 5) is 3.72. The zero-order valence-corrected chi connectivity index (χ0v) is 11.7. The van der Waals surface area contributed by atoms with Gasteiger partial charge in [-0.2, -0.15) is 5.10 Å². The van der Waals surface area contributed by atoms with Crippen LogP contribution in [0.4, 0.5) is 4.39 Å². The van der Waals surface area contributed by atoms with Crippen molar-refractivity contribution < 1.29 is 4.39 Å². The molecule has 0 aliphatic heterocycles. The zero-order chi connectivity index (χ0) is 13.3. The van der Waals surface area contributed by atoms with E-state index in [0.717, 1.165) is 10.2 Å². The summed E-state index contributed by atoms with van der Waals surface area (Å²) in [5.74, 6) is -0.409. The predicted octanol–water partition coefficient (Wildman–Crippen LogP) is 2.81. The number of aromatic nitrogens is 3. The number of nitrogens with zero attached hydrogens (tertiary/aromatic N) is 3. The van der Waals surface area contributed by atoms with Gasteiger partial charge in [0.05, 0.1) is 28.6 Å². The summed E-state index contributed by atoms with van der Waals surface area (Å²) in [6, 6.07) is 1.17. The lowest BCUT2D eigenvalue weighted by Crippen LogP contribution is -2.20. The van der Waals surface area contributed by atoms with Crippen molar-refractivity contribution in [3.8, 4) is 0 Å². The Morgan fingerprint density at radius 2 is 2.11 bits per heavy atom. The van der Waals surface area contributed by atoms with Crippen molar-refractivity contribution in [3.63, 3.8) is 0 Å². The van der Waals surface area contributed by atoms with Crippen LogP contribution in [-0.4, -0.2) is 14.8 Å².